The van der Waals surface area contributed by atoms with Crippen LogP contribution in [0.3, 0.4) is 0 Å². The highest BCUT2D eigenvalue weighted by Gasteiger charge is 2.20. The van der Waals surface area contributed by atoms with Gasteiger partial charge in [0.25, 0.3) is 0 Å². The number of likely N-dealkylation sites (N-methyl/N-ethyl adjacent to an activating group) is 1. The highest BCUT2D eigenvalue weighted by molar-refractivity contribution is 5.82. The van der Waals surface area contributed by atoms with Crippen molar-refractivity contribution in [1.82, 2.24) is 4.90 Å². The minimum Gasteiger partial charge on any atom is -0.360 e. The van der Waals surface area contributed by atoms with Gasteiger partial charge in [0.1, 0.15) is 0 Å². The highest BCUT2D eigenvalue weighted by Crippen LogP contribution is 2.16. The summed E-state index contributed by atoms with van der Waals surface area (Å²) >= 11 is 0. The number of carbonyl (C=O) groups is 1. The van der Waals surface area contributed by atoms with Crippen molar-refractivity contribution in [1.29, 1.82) is 0 Å². The lowest BCUT2D eigenvalue weighted by molar-refractivity contribution is -0.129. The Morgan fingerprint density at radius 3 is 2.18 bits per heavy atom. The summed E-state index contributed by atoms with van der Waals surface area (Å²) in [4.78, 5) is 15.4. The van der Waals surface area contributed by atoms with Gasteiger partial charge in [-0.3, -0.25) is 4.79 Å². The van der Waals surface area contributed by atoms with E-state index in [2.05, 4.69) is 36.1 Å². The third kappa shape index (κ3) is 3.48. The molecule has 1 aliphatic heterocycles. The zero-order valence-electron chi connectivity index (χ0n) is 11.2. The second kappa shape index (κ2) is 6.28. The molecule has 17 heavy (non-hydrogen) atoms. The van der Waals surface area contributed by atoms with E-state index in [1.807, 2.05) is 20.9 Å². The smallest absolute Gasteiger partial charge is 0.241 e. The van der Waals surface area contributed by atoms with E-state index < -0.39 is 0 Å². The quantitative estimate of drug-likeness (QED) is 0.744. The van der Waals surface area contributed by atoms with Crippen molar-refractivity contribution in [3.8, 4) is 0 Å². The maximum atomic E-state index is 11.5. The van der Waals surface area contributed by atoms with Crippen molar-refractivity contribution in [2.24, 2.45) is 0 Å². The molecular weight excluding hydrogens is 212 g/mol. The molecule has 0 atom stereocenters. The summed E-state index contributed by atoms with van der Waals surface area (Å²) < 4.78 is 0. The number of nitrogens with zero attached hydrogens (tertiary/aromatic N) is 2. The van der Waals surface area contributed by atoms with E-state index in [1.165, 1.54) is 5.56 Å². The second-order valence-electron chi connectivity index (χ2n) is 4.07. The van der Waals surface area contributed by atoms with Crippen LogP contribution in [0.4, 0.5) is 5.69 Å². The van der Waals surface area contributed by atoms with Crippen LogP contribution in [0.1, 0.15) is 19.4 Å². The van der Waals surface area contributed by atoms with Gasteiger partial charge in [-0.25, -0.2) is 0 Å². The predicted molar refractivity (Wildman–Crippen MR) is 72.4 cm³/mol. The van der Waals surface area contributed by atoms with Crippen LogP contribution in [-0.4, -0.2) is 37.5 Å². The van der Waals surface area contributed by atoms with Crippen molar-refractivity contribution in [2.75, 3.05) is 31.6 Å². The van der Waals surface area contributed by atoms with E-state index in [0.717, 1.165) is 18.8 Å². The fourth-order valence-electron chi connectivity index (χ4n) is 1.73. The predicted octanol–water partition coefficient (Wildman–Crippen LogP) is 2.30. The number of hydrogen-bond acceptors (Lipinski definition) is 2. The van der Waals surface area contributed by atoms with Gasteiger partial charge in [0.2, 0.25) is 5.91 Å². The molecule has 0 N–H and O–H groups in total. The number of rotatable bonds is 1. The Hall–Kier alpha value is -1.51. The van der Waals surface area contributed by atoms with E-state index in [1.54, 1.807) is 4.90 Å². The summed E-state index contributed by atoms with van der Waals surface area (Å²) in [7, 11) is 1.86. The van der Waals surface area contributed by atoms with Crippen LogP contribution in [-0.2, 0) is 4.79 Å². The van der Waals surface area contributed by atoms with Crippen molar-refractivity contribution in [3.05, 3.63) is 29.8 Å². The molecule has 0 aliphatic carbocycles. The zero-order chi connectivity index (χ0) is 12.8. The van der Waals surface area contributed by atoms with Crippen LogP contribution >= 0.6 is 0 Å². The Kier molecular flexibility index (Phi) is 5.01. The maximum Gasteiger partial charge on any atom is 0.241 e. The average Bonchev–Trinajstić information content (AvgIpc) is 2.36. The third-order valence-corrected chi connectivity index (χ3v) is 2.86. The molecule has 94 valence electrons. The number of anilines is 1. The molecule has 1 aliphatic rings. The molecule has 0 aromatic heterocycles. The molecule has 0 unspecified atom stereocenters. The molecule has 1 fully saturated rings. The van der Waals surface area contributed by atoms with Gasteiger partial charge in [-0.1, -0.05) is 31.5 Å². The molecular formula is C14H22N2O. The summed E-state index contributed by atoms with van der Waals surface area (Å²) in [5.41, 5.74) is 2.39. The Morgan fingerprint density at radius 2 is 1.65 bits per heavy atom. The first kappa shape index (κ1) is 13.6. The number of benzene rings is 1. The van der Waals surface area contributed by atoms with Gasteiger partial charge < -0.3 is 9.80 Å². The molecule has 3 heteroatoms. The van der Waals surface area contributed by atoms with Crippen LogP contribution in [0.5, 0.6) is 0 Å². The van der Waals surface area contributed by atoms with Crippen molar-refractivity contribution < 1.29 is 4.79 Å². The summed E-state index contributed by atoms with van der Waals surface area (Å²) in [5.74, 6) is 0.196. The average molecular weight is 234 g/mol. The van der Waals surface area contributed by atoms with Gasteiger partial charge in [0.15, 0.2) is 0 Å². The monoisotopic (exact) mass is 234 g/mol. The van der Waals surface area contributed by atoms with Crippen LogP contribution in [0.2, 0.25) is 0 Å². The first-order chi connectivity index (χ1) is 8.16. The van der Waals surface area contributed by atoms with E-state index in [9.17, 15) is 4.79 Å². The molecule has 1 saturated heterocycles. The number of piperazine rings is 1. The fourth-order valence-corrected chi connectivity index (χ4v) is 1.73. The molecule has 3 nitrogen and oxygen atoms in total. The number of amides is 1. The molecule has 0 spiro atoms. The summed E-state index contributed by atoms with van der Waals surface area (Å²) in [6.07, 6.45) is 0. The zero-order valence-corrected chi connectivity index (χ0v) is 11.2. The Balaban J connectivity index is 0.000000686. The Morgan fingerprint density at radius 1 is 1.06 bits per heavy atom. The normalized spacial score (nSPS) is 15.4. The van der Waals surface area contributed by atoms with E-state index >= 15 is 0 Å². The molecule has 1 heterocycles. The molecule has 0 radical (unpaired) electrons. The van der Waals surface area contributed by atoms with E-state index in [0.29, 0.717) is 6.54 Å². The van der Waals surface area contributed by atoms with Crippen LogP contribution in [0, 0.1) is 6.92 Å². The summed E-state index contributed by atoms with van der Waals surface area (Å²) in [6.45, 7) is 8.30. The highest BCUT2D eigenvalue weighted by atomic mass is 16.2. The lowest BCUT2D eigenvalue weighted by Crippen LogP contribution is -2.48. The van der Waals surface area contributed by atoms with Gasteiger partial charge in [-0.15, -0.1) is 0 Å². The molecule has 1 aromatic carbocycles. The largest absolute Gasteiger partial charge is 0.360 e. The minimum absolute atomic E-state index is 0.196. The fraction of sp³-hybridized carbons (Fsp3) is 0.500. The lowest BCUT2D eigenvalue weighted by Gasteiger charge is -2.33. The molecule has 2 rings (SSSR count). The summed E-state index contributed by atoms with van der Waals surface area (Å²) in [5, 5.41) is 0. The minimum atomic E-state index is 0.196. The van der Waals surface area contributed by atoms with Gasteiger partial charge in [-0.05, 0) is 19.1 Å². The molecule has 0 saturated carbocycles. The Labute approximate surface area is 104 Å². The second-order valence-corrected chi connectivity index (χ2v) is 4.07. The lowest BCUT2D eigenvalue weighted by atomic mass is 10.2. The molecule has 0 bridgehead atoms. The van der Waals surface area contributed by atoms with Crippen LogP contribution < -0.4 is 4.90 Å². The molecule has 1 amide bonds. The van der Waals surface area contributed by atoms with Crippen LogP contribution in [0.25, 0.3) is 0 Å². The van der Waals surface area contributed by atoms with E-state index in [4.69, 9.17) is 0 Å². The van der Waals surface area contributed by atoms with Crippen molar-refractivity contribution >= 4 is 11.6 Å². The third-order valence-electron chi connectivity index (χ3n) is 2.86. The van der Waals surface area contributed by atoms with Gasteiger partial charge in [-0.2, -0.15) is 0 Å². The maximum absolute atomic E-state index is 11.5. The number of hydrogen-bond donors (Lipinski definition) is 0. The number of carbonyl (C=O) groups excluding carboxylic acids is 1. The SMILES string of the molecule is CC.Cc1ccc(N2CCN(C)C(=O)C2)cc1. The molecule has 1 aromatic rings. The standard InChI is InChI=1S/C12H16N2O.C2H6/c1-10-3-5-11(6-4-10)14-8-7-13(2)12(15)9-14;1-2/h3-6H,7-9H2,1-2H3;1-2H3. The first-order valence-corrected chi connectivity index (χ1v) is 6.22. The van der Waals surface area contributed by atoms with Crippen molar-refractivity contribution in [2.45, 2.75) is 20.8 Å². The van der Waals surface area contributed by atoms with E-state index in [-0.39, 0.29) is 5.91 Å². The van der Waals surface area contributed by atoms with Gasteiger partial charge in [0.05, 0.1) is 6.54 Å². The van der Waals surface area contributed by atoms with Gasteiger partial charge in [0, 0.05) is 25.8 Å². The van der Waals surface area contributed by atoms with Gasteiger partial charge >= 0.3 is 0 Å². The van der Waals surface area contributed by atoms with Crippen molar-refractivity contribution in [3.63, 3.8) is 0 Å². The number of aryl methyl sites for hydroxylation is 1. The first-order valence-electron chi connectivity index (χ1n) is 6.22. The summed E-state index contributed by atoms with van der Waals surface area (Å²) in [6, 6.07) is 8.32. The van der Waals surface area contributed by atoms with Crippen LogP contribution in [0.15, 0.2) is 24.3 Å². The Bertz CT molecular complexity index is 359. The topological polar surface area (TPSA) is 23.6 Å².